The summed E-state index contributed by atoms with van der Waals surface area (Å²) in [5, 5.41) is 9.90. The van der Waals surface area contributed by atoms with Gasteiger partial charge in [0, 0.05) is 13.1 Å². The van der Waals surface area contributed by atoms with Crippen molar-refractivity contribution >= 4 is 34.8 Å². The SMILES string of the molecule is O=C(Cc1ccccc1)NCCCn1c(=O)c2cc(F)ccc2n2c(=S)[nH]nc12. The number of hydrogen-bond acceptors (Lipinski definition) is 4. The molecule has 0 saturated heterocycles. The maximum absolute atomic E-state index is 13.7. The largest absolute Gasteiger partial charge is 0.356 e. The van der Waals surface area contributed by atoms with Crippen molar-refractivity contribution in [3.8, 4) is 0 Å². The van der Waals surface area contributed by atoms with E-state index < -0.39 is 5.82 Å². The lowest BCUT2D eigenvalue weighted by Gasteiger charge is -2.11. The van der Waals surface area contributed by atoms with Crippen LogP contribution in [0.25, 0.3) is 16.7 Å². The maximum atomic E-state index is 13.7. The van der Waals surface area contributed by atoms with Gasteiger partial charge in [0.15, 0.2) is 0 Å². The Morgan fingerprint density at radius 1 is 1.21 bits per heavy atom. The van der Waals surface area contributed by atoms with E-state index >= 15 is 0 Å². The average molecular weight is 411 g/mol. The second kappa shape index (κ2) is 7.96. The van der Waals surface area contributed by atoms with Gasteiger partial charge in [-0.3, -0.25) is 18.6 Å². The molecule has 0 aliphatic heterocycles. The normalized spacial score (nSPS) is 11.2. The lowest BCUT2D eigenvalue weighted by atomic mass is 10.1. The Kier molecular flexibility index (Phi) is 5.22. The number of H-pyrrole nitrogens is 1. The van der Waals surface area contributed by atoms with Crippen LogP contribution in [0, 0.1) is 10.6 Å². The van der Waals surface area contributed by atoms with Crippen LogP contribution in [0.5, 0.6) is 0 Å². The van der Waals surface area contributed by atoms with Crippen LogP contribution in [0.1, 0.15) is 12.0 Å². The third kappa shape index (κ3) is 3.81. The van der Waals surface area contributed by atoms with E-state index in [4.69, 9.17) is 12.2 Å². The molecule has 0 fully saturated rings. The van der Waals surface area contributed by atoms with E-state index in [1.807, 2.05) is 30.3 Å². The van der Waals surface area contributed by atoms with Crippen LogP contribution in [0.15, 0.2) is 53.3 Å². The molecule has 2 aromatic heterocycles. The fourth-order valence-electron chi connectivity index (χ4n) is 3.31. The van der Waals surface area contributed by atoms with E-state index in [0.717, 1.165) is 5.56 Å². The zero-order valence-electron chi connectivity index (χ0n) is 15.4. The number of nitrogens with zero attached hydrogens (tertiary/aromatic N) is 3. The molecule has 4 aromatic rings. The quantitative estimate of drug-likeness (QED) is 0.377. The predicted molar refractivity (Wildman–Crippen MR) is 110 cm³/mol. The number of carbonyl (C=O) groups excluding carboxylic acids is 1. The molecule has 2 heterocycles. The number of carbonyl (C=O) groups is 1. The highest BCUT2D eigenvalue weighted by molar-refractivity contribution is 7.71. The summed E-state index contributed by atoms with van der Waals surface area (Å²) in [4.78, 5) is 24.9. The molecule has 0 aliphatic rings. The Bertz CT molecular complexity index is 1310. The highest BCUT2D eigenvalue weighted by Gasteiger charge is 2.14. The molecule has 0 atom stereocenters. The van der Waals surface area contributed by atoms with E-state index in [9.17, 15) is 14.0 Å². The average Bonchev–Trinajstić information content (AvgIpc) is 3.09. The standard InChI is InChI=1S/C20H18FN5O2S/c21-14-7-8-16-15(12-14)18(28)25(19-23-24-20(29)26(16)19)10-4-9-22-17(27)11-13-5-2-1-3-6-13/h1-3,5-8,12H,4,9-11H2,(H,22,27)(H,24,29). The van der Waals surface area contributed by atoms with Gasteiger partial charge in [0.2, 0.25) is 16.5 Å². The number of aromatic nitrogens is 4. The number of fused-ring (bicyclic) bond motifs is 3. The summed E-state index contributed by atoms with van der Waals surface area (Å²) in [6, 6.07) is 13.5. The van der Waals surface area contributed by atoms with E-state index in [1.165, 1.54) is 22.8 Å². The molecule has 0 bridgehead atoms. The van der Waals surface area contributed by atoms with Crippen molar-refractivity contribution in [3.05, 3.63) is 75.0 Å². The molecule has 148 valence electrons. The first-order valence-electron chi connectivity index (χ1n) is 9.14. The van der Waals surface area contributed by atoms with Crippen LogP contribution in [0.3, 0.4) is 0 Å². The van der Waals surface area contributed by atoms with Gasteiger partial charge < -0.3 is 5.32 Å². The molecule has 1 amide bonds. The van der Waals surface area contributed by atoms with E-state index in [0.29, 0.717) is 42.0 Å². The fraction of sp³-hybridized carbons (Fsp3) is 0.200. The van der Waals surface area contributed by atoms with Crippen molar-refractivity contribution in [3.63, 3.8) is 0 Å². The van der Waals surface area contributed by atoms with E-state index in [1.54, 1.807) is 4.40 Å². The second-order valence-corrected chi connectivity index (χ2v) is 7.04. The summed E-state index contributed by atoms with van der Waals surface area (Å²) < 4.78 is 17.1. The van der Waals surface area contributed by atoms with Gasteiger partial charge in [-0.25, -0.2) is 9.49 Å². The van der Waals surface area contributed by atoms with Crippen molar-refractivity contribution in [2.45, 2.75) is 19.4 Å². The summed E-state index contributed by atoms with van der Waals surface area (Å²) in [6.45, 7) is 0.705. The van der Waals surface area contributed by atoms with Crippen LogP contribution in [-0.4, -0.2) is 31.6 Å². The third-order valence-corrected chi connectivity index (χ3v) is 4.93. The number of halogens is 1. The van der Waals surface area contributed by atoms with Crippen molar-refractivity contribution in [1.29, 1.82) is 0 Å². The summed E-state index contributed by atoms with van der Waals surface area (Å²) in [7, 11) is 0. The number of benzene rings is 2. The smallest absolute Gasteiger partial charge is 0.262 e. The first kappa shape index (κ1) is 19.0. The van der Waals surface area contributed by atoms with Gasteiger partial charge in [-0.15, -0.1) is 5.10 Å². The second-order valence-electron chi connectivity index (χ2n) is 6.65. The minimum absolute atomic E-state index is 0.0868. The van der Waals surface area contributed by atoms with Crippen LogP contribution in [0.4, 0.5) is 4.39 Å². The van der Waals surface area contributed by atoms with Crippen LogP contribution >= 0.6 is 12.2 Å². The van der Waals surface area contributed by atoms with Gasteiger partial charge in [0.1, 0.15) is 5.82 Å². The lowest BCUT2D eigenvalue weighted by Crippen LogP contribution is -2.29. The molecular formula is C20H18FN5O2S. The Labute approximate surface area is 169 Å². The van der Waals surface area contributed by atoms with Crippen LogP contribution in [0.2, 0.25) is 0 Å². The van der Waals surface area contributed by atoms with Gasteiger partial charge in [-0.1, -0.05) is 30.3 Å². The molecule has 4 rings (SSSR count). The minimum Gasteiger partial charge on any atom is -0.356 e. The third-order valence-electron chi connectivity index (χ3n) is 4.66. The van der Waals surface area contributed by atoms with Crippen LogP contribution < -0.4 is 10.9 Å². The molecule has 7 nitrogen and oxygen atoms in total. The topological polar surface area (TPSA) is 84.2 Å². The minimum atomic E-state index is -0.497. The number of nitrogens with one attached hydrogen (secondary N) is 2. The van der Waals surface area contributed by atoms with Crippen molar-refractivity contribution in [2.75, 3.05) is 6.54 Å². The first-order valence-corrected chi connectivity index (χ1v) is 9.55. The maximum Gasteiger partial charge on any atom is 0.262 e. The number of amides is 1. The van der Waals surface area contributed by atoms with Crippen molar-refractivity contribution < 1.29 is 9.18 Å². The summed E-state index contributed by atoms with van der Waals surface area (Å²) in [6.07, 6.45) is 0.811. The lowest BCUT2D eigenvalue weighted by molar-refractivity contribution is -0.120. The van der Waals surface area contributed by atoms with Crippen molar-refractivity contribution in [2.24, 2.45) is 0 Å². The zero-order valence-corrected chi connectivity index (χ0v) is 16.2. The molecule has 2 aromatic carbocycles. The number of hydrogen-bond donors (Lipinski definition) is 2. The highest BCUT2D eigenvalue weighted by atomic mass is 32.1. The molecule has 2 N–H and O–H groups in total. The molecule has 0 saturated carbocycles. The van der Waals surface area contributed by atoms with Gasteiger partial charge in [0.05, 0.1) is 17.3 Å². The molecule has 9 heteroatoms. The molecular weight excluding hydrogens is 393 g/mol. The Hall–Kier alpha value is -3.33. The molecule has 29 heavy (non-hydrogen) atoms. The zero-order chi connectivity index (χ0) is 20.4. The van der Waals surface area contributed by atoms with Gasteiger partial charge >= 0.3 is 0 Å². The van der Waals surface area contributed by atoms with Gasteiger partial charge in [-0.2, -0.15) is 0 Å². The Morgan fingerprint density at radius 2 is 2.00 bits per heavy atom. The van der Waals surface area contributed by atoms with Crippen molar-refractivity contribution in [1.82, 2.24) is 24.5 Å². The van der Waals surface area contributed by atoms with E-state index in [2.05, 4.69) is 15.5 Å². The Balaban J connectivity index is 1.52. The molecule has 0 unspecified atom stereocenters. The molecule has 0 radical (unpaired) electrons. The molecule has 0 aliphatic carbocycles. The first-order chi connectivity index (χ1) is 14.0. The Morgan fingerprint density at radius 3 is 2.79 bits per heavy atom. The van der Waals surface area contributed by atoms with Gasteiger partial charge in [-0.05, 0) is 42.4 Å². The van der Waals surface area contributed by atoms with Crippen LogP contribution in [-0.2, 0) is 17.8 Å². The summed E-state index contributed by atoms with van der Waals surface area (Å²) in [5.41, 5.74) is 1.08. The number of rotatable bonds is 6. The number of aryl methyl sites for hydroxylation is 1. The highest BCUT2D eigenvalue weighted by Crippen LogP contribution is 2.15. The predicted octanol–water partition coefficient (Wildman–Crippen LogP) is 2.59. The monoisotopic (exact) mass is 411 g/mol. The molecule has 0 spiro atoms. The fourth-order valence-corrected chi connectivity index (χ4v) is 3.53. The van der Waals surface area contributed by atoms with Gasteiger partial charge in [0.25, 0.3) is 5.56 Å². The summed E-state index contributed by atoms with van der Waals surface area (Å²) >= 11 is 5.26. The number of aromatic amines is 1. The summed E-state index contributed by atoms with van der Waals surface area (Å²) in [5.74, 6) is -0.227. The van der Waals surface area contributed by atoms with E-state index in [-0.39, 0.29) is 16.9 Å².